The minimum Gasteiger partial charge on any atom is -0.462 e. The molecule has 0 saturated heterocycles. The molecule has 0 aromatic rings. The van der Waals surface area contributed by atoms with Crippen molar-refractivity contribution in [3.8, 4) is 0 Å². The van der Waals surface area contributed by atoms with Crippen LogP contribution in [0.25, 0.3) is 0 Å². The quantitative estimate of drug-likeness (QED) is 0.0261. The molecule has 0 N–H and O–H groups in total. The van der Waals surface area contributed by atoms with Gasteiger partial charge in [0.25, 0.3) is 0 Å². The molecule has 0 aromatic carbocycles. The van der Waals surface area contributed by atoms with Crippen LogP contribution in [-0.2, 0) is 28.6 Å². The number of allylic oxidation sites excluding steroid dienone is 2. The molecule has 6 heteroatoms. The van der Waals surface area contributed by atoms with Crippen molar-refractivity contribution >= 4 is 17.9 Å². The van der Waals surface area contributed by atoms with Crippen molar-refractivity contribution in [1.82, 2.24) is 0 Å². The fourth-order valence-electron chi connectivity index (χ4n) is 12.0. The normalized spacial score (nSPS) is 12.0. The average Bonchev–Trinajstić information content (AvgIpc) is 3.49. The molecule has 83 heavy (non-hydrogen) atoms. The molecule has 0 bridgehead atoms. The third-order valence-electron chi connectivity index (χ3n) is 17.8. The van der Waals surface area contributed by atoms with Gasteiger partial charge in [0.15, 0.2) is 6.10 Å². The number of hydrogen-bond acceptors (Lipinski definition) is 6. The Labute approximate surface area is 520 Å². The van der Waals surface area contributed by atoms with Gasteiger partial charge in [-0.3, -0.25) is 14.4 Å². The molecule has 0 saturated carbocycles. The Bertz CT molecular complexity index is 1300. The van der Waals surface area contributed by atoms with Crippen LogP contribution in [-0.4, -0.2) is 37.2 Å². The van der Waals surface area contributed by atoms with Gasteiger partial charge < -0.3 is 14.2 Å². The molecule has 0 radical (unpaired) electrons. The van der Waals surface area contributed by atoms with E-state index in [-0.39, 0.29) is 31.1 Å². The van der Waals surface area contributed by atoms with Crippen LogP contribution < -0.4 is 0 Å². The van der Waals surface area contributed by atoms with Crippen LogP contribution in [0.2, 0.25) is 0 Å². The minimum atomic E-state index is -0.765. The van der Waals surface area contributed by atoms with Crippen LogP contribution in [0.15, 0.2) is 12.2 Å². The highest BCUT2D eigenvalue weighted by Gasteiger charge is 2.20. The summed E-state index contributed by atoms with van der Waals surface area (Å²) >= 11 is 0. The first kappa shape index (κ1) is 81.2. The number of carbonyl (C=O) groups is 3. The maximum absolute atomic E-state index is 13.0. The van der Waals surface area contributed by atoms with E-state index in [1.54, 1.807) is 0 Å². The Morgan fingerprint density at radius 1 is 0.229 bits per heavy atom. The summed E-state index contributed by atoms with van der Waals surface area (Å²) < 4.78 is 17.0. The molecule has 0 heterocycles. The zero-order chi connectivity index (χ0) is 59.9. The molecule has 0 spiro atoms. The summed E-state index contributed by atoms with van der Waals surface area (Å²) in [7, 11) is 0. The maximum Gasteiger partial charge on any atom is 0.306 e. The molecular formula is C77H148O6. The van der Waals surface area contributed by atoms with Gasteiger partial charge in [0, 0.05) is 19.3 Å². The first-order valence-corrected chi connectivity index (χ1v) is 38.2. The SMILES string of the molecule is CCCCCCCCCC/C=C\CCCCCCCCCCCCCCCCCCCCCCCC(=O)OCC(COC(=O)CCCCCCCCCCCCCCCC)OC(=O)CCCCCCCCCCCCCCCCCCCC. The Morgan fingerprint density at radius 3 is 0.602 bits per heavy atom. The number of esters is 3. The highest BCUT2D eigenvalue weighted by Crippen LogP contribution is 2.20. The van der Waals surface area contributed by atoms with Crippen LogP contribution >= 0.6 is 0 Å². The van der Waals surface area contributed by atoms with E-state index in [4.69, 9.17) is 14.2 Å². The van der Waals surface area contributed by atoms with Crippen molar-refractivity contribution < 1.29 is 28.6 Å². The zero-order valence-electron chi connectivity index (χ0n) is 56.8. The second kappa shape index (κ2) is 72.6. The van der Waals surface area contributed by atoms with E-state index in [1.807, 2.05) is 0 Å². The lowest BCUT2D eigenvalue weighted by atomic mass is 10.0. The van der Waals surface area contributed by atoms with E-state index in [9.17, 15) is 14.4 Å². The van der Waals surface area contributed by atoms with Crippen molar-refractivity contribution in [2.75, 3.05) is 13.2 Å². The summed E-state index contributed by atoms with van der Waals surface area (Å²) in [5.74, 6) is -0.821. The summed E-state index contributed by atoms with van der Waals surface area (Å²) in [6, 6.07) is 0. The molecule has 0 rings (SSSR count). The molecule has 492 valence electrons. The van der Waals surface area contributed by atoms with Gasteiger partial charge in [-0.15, -0.1) is 0 Å². The fraction of sp³-hybridized carbons (Fsp3) is 0.935. The van der Waals surface area contributed by atoms with Crippen molar-refractivity contribution in [3.05, 3.63) is 12.2 Å². The van der Waals surface area contributed by atoms with Gasteiger partial charge in [-0.2, -0.15) is 0 Å². The van der Waals surface area contributed by atoms with Crippen LogP contribution in [0.3, 0.4) is 0 Å². The van der Waals surface area contributed by atoms with Gasteiger partial charge in [0.2, 0.25) is 0 Å². The number of hydrogen-bond donors (Lipinski definition) is 0. The van der Waals surface area contributed by atoms with E-state index in [0.717, 1.165) is 57.8 Å². The molecule has 0 aromatic heterocycles. The molecular weight excluding hydrogens is 1020 g/mol. The largest absolute Gasteiger partial charge is 0.462 e. The van der Waals surface area contributed by atoms with E-state index >= 15 is 0 Å². The highest BCUT2D eigenvalue weighted by molar-refractivity contribution is 5.71. The molecule has 0 aliphatic rings. The third-order valence-corrected chi connectivity index (χ3v) is 17.8. The molecule has 0 aliphatic heterocycles. The standard InChI is InChI=1S/C77H148O6/c1-4-7-10-13-16-19-22-25-28-30-32-33-34-35-36-37-38-39-40-41-42-43-44-45-46-48-49-52-55-58-61-64-67-70-76(79)82-73-74(72-81-75(78)69-66-63-60-57-54-51-27-24-21-18-15-12-9-6-3)83-77(80)71-68-65-62-59-56-53-50-47-31-29-26-23-20-17-14-11-8-5-2/h30,32,74H,4-29,31,33-73H2,1-3H3/b32-30-. The van der Waals surface area contributed by atoms with Crippen LogP contribution in [0.4, 0.5) is 0 Å². The Hall–Kier alpha value is -1.85. The van der Waals surface area contributed by atoms with Gasteiger partial charge in [0.1, 0.15) is 13.2 Å². The minimum absolute atomic E-state index is 0.0614. The van der Waals surface area contributed by atoms with Crippen molar-refractivity contribution in [2.45, 2.75) is 451 Å². The predicted molar refractivity (Wildman–Crippen MR) is 363 cm³/mol. The molecule has 0 amide bonds. The summed E-state index contributed by atoms with van der Waals surface area (Å²) in [6.45, 7) is 6.74. The van der Waals surface area contributed by atoms with Crippen molar-refractivity contribution in [2.24, 2.45) is 0 Å². The second-order valence-corrected chi connectivity index (χ2v) is 26.3. The van der Waals surface area contributed by atoms with Gasteiger partial charge >= 0.3 is 17.9 Å². The fourth-order valence-corrected chi connectivity index (χ4v) is 12.0. The summed E-state index contributed by atoms with van der Waals surface area (Å²) in [5, 5.41) is 0. The lowest BCUT2D eigenvalue weighted by molar-refractivity contribution is -0.167. The number of rotatable bonds is 72. The lowest BCUT2D eigenvalue weighted by Gasteiger charge is -2.18. The van der Waals surface area contributed by atoms with Crippen molar-refractivity contribution in [3.63, 3.8) is 0 Å². The van der Waals surface area contributed by atoms with Gasteiger partial charge in [-0.05, 0) is 44.9 Å². The van der Waals surface area contributed by atoms with Crippen LogP contribution in [0.1, 0.15) is 445 Å². The third kappa shape index (κ3) is 70.8. The number of carbonyl (C=O) groups excluding carboxylic acids is 3. The first-order valence-electron chi connectivity index (χ1n) is 38.2. The Morgan fingerprint density at radius 2 is 0.398 bits per heavy atom. The molecule has 1 unspecified atom stereocenters. The summed E-state index contributed by atoms with van der Waals surface area (Å²) in [4.78, 5) is 38.5. The summed E-state index contributed by atoms with van der Waals surface area (Å²) in [5.41, 5.74) is 0. The number of ether oxygens (including phenoxy) is 3. The van der Waals surface area contributed by atoms with Gasteiger partial charge in [-0.1, -0.05) is 392 Å². The van der Waals surface area contributed by atoms with Crippen LogP contribution in [0, 0.1) is 0 Å². The van der Waals surface area contributed by atoms with Gasteiger partial charge in [-0.25, -0.2) is 0 Å². The smallest absolute Gasteiger partial charge is 0.306 e. The predicted octanol–water partition coefficient (Wildman–Crippen LogP) is 26.3. The zero-order valence-corrected chi connectivity index (χ0v) is 56.8. The Kier molecular flexibility index (Phi) is 71.0. The molecule has 6 nitrogen and oxygen atoms in total. The maximum atomic E-state index is 13.0. The molecule has 0 fully saturated rings. The van der Waals surface area contributed by atoms with Crippen LogP contribution in [0.5, 0.6) is 0 Å². The number of unbranched alkanes of at least 4 members (excludes halogenated alkanes) is 59. The van der Waals surface area contributed by atoms with Gasteiger partial charge in [0.05, 0.1) is 0 Å². The van der Waals surface area contributed by atoms with E-state index in [0.29, 0.717) is 19.3 Å². The van der Waals surface area contributed by atoms with Crippen molar-refractivity contribution in [1.29, 1.82) is 0 Å². The second-order valence-electron chi connectivity index (χ2n) is 26.3. The van der Waals surface area contributed by atoms with E-state index in [2.05, 4.69) is 32.9 Å². The lowest BCUT2D eigenvalue weighted by Crippen LogP contribution is -2.30. The molecule has 1 atom stereocenters. The Balaban J connectivity index is 4.10. The summed E-state index contributed by atoms with van der Waals surface area (Å²) in [6.07, 6.45) is 88.4. The van der Waals surface area contributed by atoms with E-state index in [1.165, 1.54) is 347 Å². The molecule has 0 aliphatic carbocycles. The highest BCUT2D eigenvalue weighted by atomic mass is 16.6. The topological polar surface area (TPSA) is 78.9 Å². The monoisotopic (exact) mass is 1170 g/mol. The van der Waals surface area contributed by atoms with E-state index < -0.39 is 6.10 Å². The first-order chi connectivity index (χ1) is 41.0. The average molecular weight is 1170 g/mol.